The van der Waals surface area contributed by atoms with E-state index in [1.165, 1.54) is 87.3 Å². The average molecular weight is 549 g/mol. The van der Waals surface area contributed by atoms with Gasteiger partial charge in [0.25, 0.3) is 0 Å². The Bertz CT molecular complexity index is 2240. The van der Waals surface area contributed by atoms with Gasteiger partial charge in [0, 0.05) is 15.2 Å². The maximum absolute atomic E-state index is 2.44. The van der Waals surface area contributed by atoms with Crippen LogP contribution in [-0.2, 0) is 5.41 Å². The smallest absolute Gasteiger partial charge is 0.0725 e. The summed E-state index contributed by atoms with van der Waals surface area (Å²) in [6.07, 6.45) is 0. The van der Waals surface area contributed by atoms with Gasteiger partial charge in [0.15, 0.2) is 0 Å². The van der Waals surface area contributed by atoms with Crippen molar-refractivity contribution in [2.75, 3.05) is 0 Å². The monoisotopic (exact) mass is 548 g/mol. The van der Waals surface area contributed by atoms with E-state index < -0.39 is 0 Å². The summed E-state index contributed by atoms with van der Waals surface area (Å²) in [6.45, 7) is 0. The zero-order chi connectivity index (χ0) is 27.4. The predicted octanol–water partition coefficient (Wildman–Crippen LogP) is 11.0. The number of benzene rings is 7. The highest BCUT2D eigenvalue weighted by atomic mass is 32.2. The first-order valence-electron chi connectivity index (χ1n) is 14.6. The molecule has 0 nitrogen and oxygen atoms in total. The van der Waals surface area contributed by atoms with E-state index in [-0.39, 0.29) is 5.41 Å². The summed E-state index contributed by atoms with van der Waals surface area (Å²) in [4.78, 5) is 2.67. The minimum Gasteiger partial charge on any atom is -0.0888 e. The van der Waals surface area contributed by atoms with Crippen LogP contribution in [0.3, 0.4) is 0 Å². The third-order valence-electron chi connectivity index (χ3n) is 9.69. The first-order valence-corrected chi connectivity index (χ1v) is 15.4. The molecule has 0 bridgehead atoms. The summed E-state index contributed by atoms with van der Waals surface area (Å²) in [5, 5.41) is 2.69. The second-order valence-electron chi connectivity index (χ2n) is 11.6. The van der Waals surface area contributed by atoms with Gasteiger partial charge in [-0.3, -0.25) is 0 Å². The molecule has 0 N–H and O–H groups in total. The maximum Gasteiger partial charge on any atom is 0.0725 e. The Morgan fingerprint density at radius 2 is 0.905 bits per heavy atom. The zero-order valence-corrected chi connectivity index (χ0v) is 23.6. The van der Waals surface area contributed by atoms with Crippen LogP contribution in [0.5, 0.6) is 0 Å². The van der Waals surface area contributed by atoms with Crippen molar-refractivity contribution in [3.05, 3.63) is 168 Å². The number of rotatable bonds is 1. The number of hydrogen-bond donors (Lipinski definition) is 0. The van der Waals surface area contributed by atoms with E-state index in [4.69, 9.17) is 0 Å². The van der Waals surface area contributed by atoms with Gasteiger partial charge in [-0.1, -0.05) is 139 Å². The topological polar surface area (TPSA) is 0 Å². The fourth-order valence-corrected chi connectivity index (χ4v) is 9.21. The molecule has 10 rings (SSSR count). The quantitative estimate of drug-likeness (QED) is 0.197. The van der Waals surface area contributed by atoms with Crippen LogP contribution in [0, 0.1) is 0 Å². The average Bonchev–Trinajstić information content (AvgIpc) is 3.52. The molecule has 0 saturated carbocycles. The largest absolute Gasteiger partial charge is 0.0888 e. The first-order chi connectivity index (χ1) is 20.8. The molecule has 0 atom stereocenters. The normalized spacial score (nSPS) is 14.3. The first kappa shape index (κ1) is 22.8. The van der Waals surface area contributed by atoms with Crippen LogP contribution in [0.2, 0.25) is 0 Å². The van der Waals surface area contributed by atoms with E-state index in [1.807, 2.05) is 11.8 Å². The Balaban J connectivity index is 1.18. The molecule has 42 heavy (non-hydrogen) atoms. The highest BCUT2D eigenvalue weighted by Gasteiger charge is 2.51. The van der Waals surface area contributed by atoms with Crippen LogP contribution >= 0.6 is 11.8 Å². The Morgan fingerprint density at radius 3 is 1.62 bits per heavy atom. The molecule has 194 valence electrons. The fraction of sp³-hybridized carbons (Fsp3) is 0.0244. The van der Waals surface area contributed by atoms with Crippen LogP contribution in [0.1, 0.15) is 22.3 Å². The zero-order valence-electron chi connectivity index (χ0n) is 22.8. The van der Waals surface area contributed by atoms with E-state index in [9.17, 15) is 0 Å². The summed E-state index contributed by atoms with van der Waals surface area (Å²) >= 11 is 1.90. The fourth-order valence-electron chi connectivity index (χ4n) is 8.02. The van der Waals surface area contributed by atoms with Gasteiger partial charge >= 0.3 is 0 Å². The summed E-state index contributed by atoms with van der Waals surface area (Å²) in [5.41, 5.74) is 15.9. The van der Waals surface area contributed by atoms with Crippen LogP contribution in [0.25, 0.3) is 55.3 Å². The van der Waals surface area contributed by atoms with Gasteiger partial charge in [-0.25, -0.2) is 0 Å². The molecule has 0 saturated heterocycles. The van der Waals surface area contributed by atoms with Crippen molar-refractivity contribution in [2.45, 2.75) is 15.2 Å². The molecule has 1 spiro atoms. The van der Waals surface area contributed by atoms with Crippen molar-refractivity contribution in [1.82, 2.24) is 0 Å². The van der Waals surface area contributed by atoms with Gasteiger partial charge in [0.1, 0.15) is 0 Å². The molecule has 2 aliphatic carbocycles. The lowest BCUT2D eigenvalue weighted by molar-refractivity contribution is 0.794. The minimum absolute atomic E-state index is 0.286. The summed E-state index contributed by atoms with van der Waals surface area (Å²) in [5.74, 6) is 0. The second kappa shape index (κ2) is 8.12. The lowest BCUT2D eigenvalue weighted by Crippen LogP contribution is -2.25. The molecule has 0 amide bonds. The number of fused-ring (bicyclic) bond motifs is 12. The van der Waals surface area contributed by atoms with E-state index in [0.29, 0.717) is 0 Å². The van der Waals surface area contributed by atoms with Crippen molar-refractivity contribution < 1.29 is 0 Å². The highest BCUT2D eigenvalue weighted by Crippen LogP contribution is 2.63. The predicted molar refractivity (Wildman–Crippen MR) is 175 cm³/mol. The number of hydrogen-bond acceptors (Lipinski definition) is 1. The minimum atomic E-state index is -0.286. The standard InChI is InChI=1S/C41H24S/c1-4-15-34-28(11-1)29-12-2-5-16-35(29)41(34)36-17-6-3-13-30(36)33-23-26(20-22-37(33)41)27-19-21-31-32-14-7-9-25-10-8-18-38(40(25)32)42-39(31)24-27/h1-24H. The summed E-state index contributed by atoms with van der Waals surface area (Å²) in [7, 11) is 0. The van der Waals surface area contributed by atoms with Crippen molar-refractivity contribution in [3.63, 3.8) is 0 Å². The van der Waals surface area contributed by atoms with E-state index in [1.54, 1.807) is 0 Å². The molecule has 1 heteroatoms. The van der Waals surface area contributed by atoms with Gasteiger partial charge in [0.05, 0.1) is 5.41 Å². The van der Waals surface area contributed by atoms with Crippen molar-refractivity contribution in [2.24, 2.45) is 0 Å². The SMILES string of the molecule is c1ccc2c(c1)-c1ccccc1C21c2ccccc2-c2cc(-c3ccc4c(c3)Sc3cccc5cccc-4c35)ccc21. The van der Waals surface area contributed by atoms with Crippen molar-refractivity contribution >= 4 is 22.5 Å². The third-order valence-corrected chi connectivity index (χ3v) is 10.8. The van der Waals surface area contributed by atoms with Gasteiger partial charge < -0.3 is 0 Å². The Kier molecular flexibility index (Phi) is 4.41. The lowest BCUT2D eigenvalue weighted by Gasteiger charge is -2.30. The molecule has 0 aromatic heterocycles. The van der Waals surface area contributed by atoms with Gasteiger partial charge in [0.2, 0.25) is 0 Å². The maximum atomic E-state index is 2.44. The van der Waals surface area contributed by atoms with Crippen LogP contribution in [0.4, 0.5) is 0 Å². The van der Waals surface area contributed by atoms with Crippen LogP contribution in [-0.4, -0.2) is 0 Å². The van der Waals surface area contributed by atoms with E-state index in [0.717, 1.165) is 0 Å². The molecule has 0 radical (unpaired) electrons. The Labute approximate surface area is 249 Å². The van der Waals surface area contributed by atoms with Gasteiger partial charge in [-0.05, 0) is 90.3 Å². The molecule has 1 aliphatic heterocycles. The molecule has 3 aliphatic rings. The highest BCUT2D eigenvalue weighted by molar-refractivity contribution is 7.99. The molecule has 1 heterocycles. The van der Waals surface area contributed by atoms with E-state index >= 15 is 0 Å². The van der Waals surface area contributed by atoms with E-state index in [2.05, 4.69) is 146 Å². The lowest BCUT2D eigenvalue weighted by atomic mass is 9.70. The van der Waals surface area contributed by atoms with Crippen LogP contribution < -0.4 is 0 Å². The van der Waals surface area contributed by atoms with Gasteiger partial charge in [-0.2, -0.15) is 0 Å². The molecule has 7 aromatic rings. The Morgan fingerprint density at radius 1 is 0.357 bits per heavy atom. The van der Waals surface area contributed by atoms with Crippen molar-refractivity contribution in [1.29, 1.82) is 0 Å². The molecule has 7 aromatic carbocycles. The molecule has 0 unspecified atom stereocenters. The Hall–Kier alpha value is -4.85. The molecular weight excluding hydrogens is 525 g/mol. The molecular formula is C41H24S. The van der Waals surface area contributed by atoms with Gasteiger partial charge in [-0.15, -0.1) is 0 Å². The van der Waals surface area contributed by atoms with Crippen LogP contribution in [0.15, 0.2) is 155 Å². The summed E-state index contributed by atoms with van der Waals surface area (Å²) in [6, 6.07) is 54.6. The van der Waals surface area contributed by atoms with Crippen molar-refractivity contribution in [3.8, 4) is 44.5 Å². The molecule has 0 fully saturated rings. The second-order valence-corrected chi connectivity index (χ2v) is 12.7. The summed E-state index contributed by atoms with van der Waals surface area (Å²) < 4.78 is 0. The third kappa shape index (κ3) is 2.75.